The van der Waals surface area contributed by atoms with Crippen molar-refractivity contribution in [1.82, 2.24) is 0 Å². The molecule has 0 spiro atoms. The van der Waals surface area contributed by atoms with Gasteiger partial charge in [-0.25, -0.2) is 0 Å². The standard InChI is InChI=1S/C9H5BrI2S/c10-4-6-5-3-9(12)13-8(5)2-1-7(6)11/h1-3H,4H2. The molecule has 0 unspecified atom stereocenters. The number of hydrogen-bond acceptors (Lipinski definition) is 1. The maximum absolute atomic E-state index is 3.54. The van der Waals surface area contributed by atoms with Crippen LogP contribution < -0.4 is 0 Å². The Balaban J connectivity index is 2.82. The molecule has 0 saturated carbocycles. The molecule has 0 nitrogen and oxygen atoms in total. The molecule has 0 aliphatic carbocycles. The monoisotopic (exact) mass is 478 g/mol. The SMILES string of the molecule is BrCc1c(I)ccc2sc(I)cc12. The van der Waals surface area contributed by atoms with Gasteiger partial charge in [0.1, 0.15) is 0 Å². The zero-order valence-corrected chi connectivity index (χ0v) is 13.2. The van der Waals surface area contributed by atoms with Crippen LogP contribution in [0.2, 0.25) is 0 Å². The highest BCUT2D eigenvalue weighted by Crippen LogP contribution is 2.32. The molecule has 0 amide bonds. The van der Waals surface area contributed by atoms with Crippen LogP contribution in [0.5, 0.6) is 0 Å². The minimum atomic E-state index is 0.940. The number of hydrogen-bond donors (Lipinski definition) is 0. The van der Waals surface area contributed by atoms with Crippen LogP contribution in [0.25, 0.3) is 10.1 Å². The van der Waals surface area contributed by atoms with Gasteiger partial charge >= 0.3 is 0 Å². The van der Waals surface area contributed by atoms with E-state index in [0.29, 0.717) is 0 Å². The maximum atomic E-state index is 3.54. The van der Waals surface area contributed by atoms with Gasteiger partial charge < -0.3 is 0 Å². The Kier molecular flexibility index (Phi) is 3.53. The Bertz CT molecular complexity index is 450. The molecule has 0 atom stereocenters. The smallest absolute Gasteiger partial charge is 0.0666 e. The van der Waals surface area contributed by atoms with Crippen LogP contribution in [-0.4, -0.2) is 0 Å². The first-order valence-corrected chi connectivity index (χ1v) is 7.74. The van der Waals surface area contributed by atoms with E-state index in [1.165, 1.54) is 22.1 Å². The van der Waals surface area contributed by atoms with Gasteiger partial charge in [0, 0.05) is 13.6 Å². The Hall–Kier alpha value is 1.12. The fraction of sp³-hybridized carbons (Fsp3) is 0.111. The molecule has 0 fully saturated rings. The van der Waals surface area contributed by atoms with Gasteiger partial charge in [-0.05, 0) is 74.3 Å². The lowest BCUT2D eigenvalue weighted by Gasteiger charge is -2.01. The summed E-state index contributed by atoms with van der Waals surface area (Å²) in [5.41, 5.74) is 1.41. The lowest BCUT2D eigenvalue weighted by Crippen LogP contribution is -1.83. The zero-order chi connectivity index (χ0) is 9.42. The van der Waals surface area contributed by atoms with Crippen LogP contribution in [0.3, 0.4) is 0 Å². The predicted molar refractivity (Wildman–Crippen MR) is 79.9 cm³/mol. The van der Waals surface area contributed by atoms with Gasteiger partial charge in [-0.1, -0.05) is 15.9 Å². The summed E-state index contributed by atoms with van der Waals surface area (Å²) in [6, 6.07) is 6.65. The van der Waals surface area contributed by atoms with Crippen LogP contribution in [0.15, 0.2) is 18.2 Å². The molecule has 0 N–H and O–H groups in total. The number of fused-ring (bicyclic) bond motifs is 1. The first-order valence-electron chi connectivity index (χ1n) is 3.65. The third-order valence-corrected chi connectivity index (χ3v) is 5.29. The van der Waals surface area contributed by atoms with Crippen molar-refractivity contribution in [3.05, 3.63) is 30.2 Å². The summed E-state index contributed by atoms with van der Waals surface area (Å²) in [6.45, 7) is 0. The van der Waals surface area contributed by atoms with Crippen molar-refractivity contribution in [2.75, 3.05) is 0 Å². The largest absolute Gasteiger partial charge is 0.129 e. The van der Waals surface area contributed by atoms with E-state index < -0.39 is 0 Å². The van der Waals surface area contributed by atoms with Crippen LogP contribution in [0.1, 0.15) is 5.56 Å². The summed E-state index contributed by atoms with van der Waals surface area (Å²) in [6.07, 6.45) is 0. The summed E-state index contributed by atoms with van der Waals surface area (Å²) < 4.78 is 4.09. The average Bonchev–Trinajstić information content (AvgIpc) is 2.45. The molecule has 1 aromatic heterocycles. The minimum absolute atomic E-state index is 0.940. The van der Waals surface area contributed by atoms with Gasteiger partial charge in [-0.2, -0.15) is 0 Å². The van der Waals surface area contributed by atoms with Gasteiger partial charge in [0.2, 0.25) is 0 Å². The lowest BCUT2D eigenvalue weighted by atomic mass is 10.2. The second-order valence-electron chi connectivity index (χ2n) is 2.62. The van der Waals surface area contributed by atoms with Crippen LogP contribution in [0.4, 0.5) is 0 Å². The molecule has 68 valence electrons. The van der Waals surface area contributed by atoms with E-state index in [1.807, 2.05) is 11.3 Å². The molecule has 1 heterocycles. The van der Waals surface area contributed by atoms with Crippen LogP contribution in [0, 0.1) is 6.45 Å². The van der Waals surface area contributed by atoms with E-state index in [9.17, 15) is 0 Å². The lowest BCUT2D eigenvalue weighted by molar-refractivity contribution is 1.46. The third kappa shape index (κ3) is 2.05. The van der Waals surface area contributed by atoms with Crippen molar-refractivity contribution in [2.45, 2.75) is 5.33 Å². The Morgan fingerprint density at radius 2 is 2.08 bits per heavy atom. The second kappa shape index (κ2) is 4.32. The molecule has 2 rings (SSSR count). The number of thiophene rings is 1. The topological polar surface area (TPSA) is 0 Å². The van der Waals surface area contributed by atoms with Crippen molar-refractivity contribution in [1.29, 1.82) is 0 Å². The first-order chi connectivity index (χ1) is 6.22. The Labute approximate surface area is 117 Å². The first kappa shape index (κ1) is 10.6. The highest BCUT2D eigenvalue weighted by molar-refractivity contribution is 14.1. The normalized spacial score (nSPS) is 11.0. The van der Waals surface area contributed by atoms with E-state index in [1.54, 1.807) is 0 Å². The summed E-state index contributed by atoms with van der Waals surface area (Å²) in [5.74, 6) is 0. The molecular weight excluding hydrogens is 474 g/mol. The van der Waals surface area contributed by atoms with Gasteiger partial charge in [-0.3, -0.25) is 0 Å². The summed E-state index contributed by atoms with van der Waals surface area (Å²) in [4.78, 5) is 0. The Morgan fingerprint density at radius 3 is 2.77 bits per heavy atom. The number of benzene rings is 1. The fourth-order valence-corrected chi connectivity index (χ4v) is 4.88. The molecular formula is C9H5BrI2S. The average molecular weight is 479 g/mol. The van der Waals surface area contributed by atoms with Crippen molar-refractivity contribution < 1.29 is 0 Å². The molecule has 4 heteroatoms. The van der Waals surface area contributed by atoms with Gasteiger partial charge in [0.25, 0.3) is 0 Å². The predicted octanol–water partition coefficient (Wildman–Crippen LogP) is 5.01. The summed E-state index contributed by atoms with van der Waals surface area (Å²) in [7, 11) is 0. The van der Waals surface area contributed by atoms with Crippen LogP contribution >= 0.6 is 72.4 Å². The van der Waals surface area contributed by atoms with Gasteiger partial charge in [-0.15, -0.1) is 11.3 Å². The molecule has 0 radical (unpaired) electrons. The summed E-state index contributed by atoms with van der Waals surface area (Å²) >= 11 is 10.2. The maximum Gasteiger partial charge on any atom is 0.0666 e. The number of halogens is 3. The van der Waals surface area contributed by atoms with E-state index in [0.717, 1.165) is 5.33 Å². The number of rotatable bonds is 1. The highest BCUT2D eigenvalue weighted by atomic mass is 127. The van der Waals surface area contributed by atoms with Gasteiger partial charge in [0.15, 0.2) is 0 Å². The summed E-state index contributed by atoms with van der Waals surface area (Å²) in [5, 5.41) is 2.34. The van der Waals surface area contributed by atoms with Crippen molar-refractivity contribution in [3.8, 4) is 0 Å². The van der Waals surface area contributed by atoms with E-state index in [2.05, 4.69) is 79.3 Å². The molecule has 1 aromatic carbocycles. The van der Waals surface area contributed by atoms with Crippen molar-refractivity contribution in [3.63, 3.8) is 0 Å². The number of alkyl halides is 1. The minimum Gasteiger partial charge on any atom is -0.129 e. The molecule has 0 bridgehead atoms. The third-order valence-electron chi connectivity index (χ3n) is 1.86. The highest BCUT2D eigenvalue weighted by Gasteiger charge is 2.07. The Morgan fingerprint density at radius 1 is 1.31 bits per heavy atom. The van der Waals surface area contributed by atoms with E-state index in [-0.39, 0.29) is 0 Å². The quantitative estimate of drug-likeness (QED) is 0.399. The molecule has 13 heavy (non-hydrogen) atoms. The second-order valence-corrected chi connectivity index (χ2v) is 7.32. The van der Waals surface area contributed by atoms with Crippen molar-refractivity contribution >= 4 is 82.5 Å². The van der Waals surface area contributed by atoms with Crippen LogP contribution in [-0.2, 0) is 5.33 Å². The molecule has 2 aromatic rings. The van der Waals surface area contributed by atoms with E-state index in [4.69, 9.17) is 0 Å². The molecule has 0 aliphatic heterocycles. The molecule has 0 saturated heterocycles. The van der Waals surface area contributed by atoms with Crippen molar-refractivity contribution in [2.24, 2.45) is 0 Å². The fourth-order valence-electron chi connectivity index (χ4n) is 1.25. The van der Waals surface area contributed by atoms with Gasteiger partial charge in [0.05, 0.1) is 2.88 Å². The molecule has 0 aliphatic rings. The zero-order valence-electron chi connectivity index (χ0n) is 6.48. The van der Waals surface area contributed by atoms with E-state index >= 15 is 0 Å².